The number of ether oxygens (including phenoxy) is 2. The maximum atomic E-state index is 12.5. The molecule has 0 saturated carbocycles. The standard InChI is InChI=1S/C25H19BrN2O5/c1-32-23-13-17(4-11-22(23)33-15-16-2-7-20(26)8-3-16)12-19(14-27)24(29)28-21-9-5-18(6-10-21)25(30)31/h2-13H,15H2,1H3,(H,28,29)(H,30,31)/b19-12+. The van der Waals surface area contributed by atoms with Gasteiger partial charge in [0.2, 0.25) is 0 Å². The number of methoxy groups -OCH3 is 1. The van der Waals surface area contributed by atoms with Crippen LogP contribution in [0.2, 0.25) is 0 Å². The number of amides is 1. The van der Waals surface area contributed by atoms with Crippen molar-refractivity contribution in [2.24, 2.45) is 0 Å². The van der Waals surface area contributed by atoms with E-state index in [4.69, 9.17) is 14.6 Å². The third-order valence-corrected chi connectivity index (χ3v) is 5.09. The molecular formula is C25H19BrN2O5. The van der Waals surface area contributed by atoms with Crippen molar-refractivity contribution in [1.29, 1.82) is 5.26 Å². The molecular weight excluding hydrogens is 488 g/mol. The SMILES string of the molecule is COc1cc(/C=C(\C#N)C(=O)Nc2ccc(C(=O)O)cc2)ccc1OCc1ccc(Br)cc1. The van der Waals surface area contributed by atoms with Crippen LogP contribution in [0.15, 0.2) is 76.8 Å². The van der Waals surface area contributed by atoms with Crippen LogP contribution in [0.3, 0.4) is 0 Å². The third-order valence-electron chi connectivity index (χ3n) is 4.56. The van der Waals surface area contributed by atoms with Gasteiger partial charge in [-0.15, -0.1) is 0 Å². The van der Waals surface area contributed by atoms with E-state index in [1.54, 1.807) is 18.2 Å². The zero-order valence-electron chi connectivity index (χ0n) is 17.5. The number of carbonyl (C=O) groups excluding carboxylic acids is 1. The van der Waals surface area contributed by atoms with Crippen molar-refractivity contribution in [3.63, 3.8) is 0 Å². The van der Waals surface area contributed by atoms with Gasteiger partial charge in [0.15, 0.2) is 11.5 Å². The largest absolute Gasteiger partial charge is 0.493 e. The summed E-state index contributed by atoms with van der Waals surface area (Å²) in [6.45, 7) is 0.353. The maximum Gasteiger partial charge on any atom is 0.335 e. The molecule has 8 heteroatoms. The van der Waals surface area contributed by atoms with Crippen LogP contribution in [0.25, 0.3) is 6.08 Å². The highest BCUT2D eigenvalue weighted by atomic mass is 79.9. The number of benzene rings is 3. The molecule has 3 aromatic rings. The average Bonchev–Trinajstić information content (AvgIpc) is 2.82. The summed E-state index contributed by atoms with van der Waals surface area (Å²) in [5, 5.41) is 21.0. The van der Waals surface area contributed by atoms with Gasteiger partial charge in [0.25, 0.3) is 5.91 Å². The van der Waals surface area contributed by atoms with Gasteiger partial charge >= 0.3 is 5.97 Å². The van der Waals surface area contributed by atoms with Gasteiger partial charge in [-0.3, -0.25) is 4.79 Å². The lowest BCUT2D eigenvalue weighted by atomic mass is 10.1. The number of carbonyl (C=O) groups is 2. The number of nitriles is 1. The number of anilines is 1. The normalized spacial score (nSPS) is 10.8. The Morgan fingerprint density at radius 3 is 2.36 bits per heavy atom. The van der Waals surface area contributed by atoms with Crippen LogP contribution in [-0.4, -0.2) is 24.1 Å². The van der Waals surface area contributed by atoms with E-state index in [2.05, 4.69) is 21.2 Å². The lowest BCUT2D eigenvalue weighted by molar-refractivity contribution is -0.112. The zero-order chi connectivity index (χ0) is 23.8. The van der Waals surface area contributed by atoms with E-state index in [9.17, 15) is 14.9 Å². The summed E-state index contributed by atoms with van der Waals surface area (Å²) < 4.78 is 12.2. The molecule has 166 valence electrons. The zero-order valence-corrected chi connectivity index (χ0v) is 19.1. The molecule has 0 aromatic heterocycles. The Bertz CT molecular complexity index is 1230. The molecule has 0 atom stereocenters. The highest BCUT2D eigenvalue weighted by Gasteiger charge is 2.12. The fourth-order valence-corrected chi connectivity index (χ4v) is 3.11. The molecule has 0 aliphatic rings. The summed E-state index contributed by atoms with van der Waals surface area (Å²) in [5.74, 6) is -0.694. The minimum Gasteiger partial charge on any atom is -0.493 e. The van der Waals surface area contributed by atoms with Crippen molar-refractivity contribution in [2.75, 3.05) is 12.4 Å². The molecule has 0 unspecified atom stereocenters. The van der Waals surface area contributed by atoms with Crippen molar-refractivity contribution in [1.82, 2.24) is 0 Å². The Hall–Kier alpha value is -4.09. The Morgan fingerprint density at radius 2 is 1.76 bits per heavy atom. The predicted octanol–water partition coefficient (Wildman–Crippen LogP) is 5.28. The van der Waals surface area contributed by atoms with Gasteiger partial charge in [-0.05, 0) is 65.7 Å². The van der Waals surface area contributed by atoms with Crippen LogP contribution in [0.1, 0.15) is 21.5 Å². The van der Waals surface area contributed by atoms with Crippen molar-refractivity contribution >= 4 is 39.6 Å². The molecule has 33 heavy (non-hydrogen) atoms. The van der Waals surface area contributed by atoms with Gasteiger partial charge in [0.1, 0.15) is 18.2 Å². The maximum absolute atomic E-state index is 12.5. The summed E-state index contributed by atoms with van der Waals surface area (Å²) >= 11 is 3.40. The highest BCUT2D eigenvalue weighted by Crippen LogP contribution is 2.30. The number of hydrogen-bond acceptors (Lipinski definition) is 5. The quantitative estimate of drug-likeness (QED) is 0.317. The number of halogens is 1. The second-order valence-electron chi connectivity index (χ2n) is 6.83. The fourth-order valence-electron chi connectivity index (χ4n) is 2.84. The molecule has 0 heterocycles. The van der Waals surface area contributed by atoms with E-state index < -0.39 is 11.9 Å². The fraction of sp³-hybridized carbons (Fsp3) is 0.0800. The number of nitrogens with one attached hydrogen (secondary N) is 1. The van der Waals surface area contributed by atoms with Crippen molar-refractivity contribution < 1.29 is 24.2 Å². The van der Waals surface area contributed by atoms with Crippen LogP contribution >= 0.6 is 15.9 Å². The summed E-state index contributed by atoms with van der Waals surface area (Å²) in [7, 11) is 1.51. The minimum absolute atomic E-state index is 0.0959. The topological polar surface area (TPSA) is 109 Å². The molecule has 0 aliphatic heterocycles. The summed E-state index contributed by atoms with van der Waals surface area (Å²) in [6.07, 6.45) is 1.43. The molecule has 1 amide bonds. The smallest absolute Gasteiger partial charge is 0.335 e. The Balaban J connectivity index is 1.72. The lowest BCUT2D eigenvalue weighted by Crippen LogP contribution is -2.13. The first-order valence-corrected chi connectivity index (χ1v) is 10.5. The van der Waals surface area contributed by atoms with Gasteiger partial charge in [0, 0.05) is 10.2 Å². The molecule has 0 saturated heterocycles. The van der Waals surface area contributed by atoms with Gasteiger partial charge < -0.3 is 19.9 Å². The number of aromatic carboxylic acids is 1. The van der Waals surface area contributed by atoms with Gasteiger partial charge in [-0.1, -0.05) is 34.1 Å². The second kappa shape index (κ2) is 11.0. The van der Waals surface area contributed by atoms with Crippen LogP contribution in [0.5, 0.6) is 11.5 Å². The molecule has 3 rings (SSSR count). The average molecular weight is 507 g/mol. The van der Waals surface area contributed by atoms with Crippen molar-refractivity contribution in [2.45, 2.75) is 6.61 Å². The van der Waals surface area contributed by atoms with Crippen LogP contribution < -0.4 is 14.8 Å². The highest BCUT2D eigenvalue weighted by molar-refractivity contribution is 9.10. The van der Waals surface area contributed by atoms with E-state index in [0.29, 0.717) is 29.4 Å². The first kappa shape index (κ1) is 23.6. The van der Waals surface area contributed by atoms with E-state index >= 15 is 0 Å². The van der Waals surface area contributed by atoms with E-state index in [0.717, 1.165) is 10.0 Å². The van der Waals surface area contributed by atoms with Crippen molar-refractivity contribution in [3.8, 4) is 17.6 Å². The van der Waals surface area contributed by atoms with Crippen LogP contribution in [0.4, 0.5) is 5.69 Å². The third kappa shape index (κ3) is 6.45. The monoisotopic (exact) mass is 506 g/mol. The Kier molecular flexibility index (Phi) is 7.84. The molecule has 7 nitrogen and oxygen atoms in total. The molecule has 0 radical (unpaired) electrons. The number of hydrogen-bond donors (Lipinski definition) is 2. The Morgan fingerprint density at radius 1 is 1.06 bits per heavy atom. The first-order valence-electron chi connectivity index (χ1n) is 9.71. The number of nitrogens with zero attached hydrogens (tertiary/aromatic N) is 1. The Labute approximate surface area is 199 Å². The van der Waals surface area contributed by atoms with Gasteiger partial charge in [-0.25, -0.2) is 4.79 Å². The number of carboxylic acid groups (broad SMARTS) is 1. The summed E-state index contributed by atoms with van der Waals surface area (Å²) in [6, 6.07) is 20.4. The van der Waals surface area contributed by atoms with E-state index in [1.165, 1.54) is 37.5 Å². The number of carboxylic acids is 1. The summed E-state index contributed by atoms with van der Waals surface area (Å²) in [5.41, 5.74) is 1.92. The van der Waals surface area contributed by atoms with E-state index in [1.807, 2.05) is 30.3 Å². The molecule has 3 aromatic carbocycles. The van der Waals surface area contributed by atoms with Crippen molar-refractivity contribution in [3.05, 3.63) is 93.5 Å². The molecule has 0 bridgehead atoms. The van der Waals surface area contributed by atoms with Crippen LogP contribution in [0, 0.1) is 11.3 Å². The predicted molar refractivity (Wildman–Crippen MR) is 127 cm³/mol. The molecule has 2 N–H and O–H groups in total. The van der Waals surface area contributed by atoms with E-state index in [-0.39, 0.29) is 11.1 Å². The molecule has 0 spiro atoms. The molecule has 0 aliphatic carbocycles. The first-order chi connectivity index (χ1) is 15.9. The molecule has 0 fully saturated rings. The van der Waals surface area contributed by atoms with Crippen LogP contribution in [-0.2, 0) is 11.4 Å². The second-order valence-corrected chi connectivity index (χ2v) is 7.75. The minimum atomic E-state index is -1.07. The van der Waals surface area contributed by atoms with Gasteiger partial charge in [-0.2, -0.15) is 5.26 Å². The lowest BCUT2D eigenvalue weighted by Gasteiger charge is -2.12. The van der Waals surface area contributed by atoms with Gasteiger partial charge in [0.05, 0.1) is 12.7 Å². The number of rotatable bonds is 8. The summed E-state index contributed by atoms with van der Waals surface area (Å²) in [4.78, 5) is 23.4.